The fourth-order valence-corrected chi connectivity index (χ4v) is 5.54. The van der Waals surface area contributed by atoms with Gasteiger partial charge in [-0.25, -0.2) is 0 Å². The third-order valence-electron chi connectivity index (χ3n) is 6.81. The lowest BCUT2D eigenvalue weighted by Crippen LogP contribution is -2.48. The number of hydrogen-bond acceptors (Lipinski definition) is 2. The Morgan fingerprint density at radius 3 is 2.07 bits per heavy atom. The van der Waals surface area contributed by atoms with Gasteiger partial charge in [0.1, 0.15) is 5.75 Å². The highest BCUT2D eigenvalue weighted by Crippen LogP contribution is 2.33. The first-order valence-corrected chi connectivity index (χ1v) is 12.9. The predicted molar refractivity (Wildman–Crippen MR) is 128 cm³/mol. The van der Waals surface area contributed by atoms with E-state index in [1.165, 1.54) is 69.8 Å². The Kier molecular flexibility index (Phi) is 8.68. The number of hydrogen-bond donors (Lipinski definition) is 0. The molecule has 30 heavy (non-hydrogen) atoms. The second-order valence-electron chi connectivity index (χ2n) is 10.2. The molecule has 168 valence electrons. The molecule has 0 bridgehead atoms. The van der Waals surface area contributed by atoms with Crippen molar-refractivity contribution in [2.24, 2.45) is 0 Å². The Balaban J connectivity index is 1.52. The molecule has 2 aliphatic rings. The van der Waals surface area contributed by atoms with Crippen molar-refractivity contribution in [2.75, 3.05) is 6.61 Å². The molecule has 2 fully saturated rings. The van der Waals surface area contributed by atoms with E-state index in [2.05, 4.69) is 53.7 Å². The van der Waals surface area contributed by atoms with Crippen molar-refractivity contribution in [1.82, 2.24) is 4.90 Å². The molecular weight excluding hydrogens is 438 g/mol. The third-order valence-corrected chi connectivity index (χ3v) is 7.43. The topological polar surface area (TPSA) is 29.5 Å². The van der Waals surface area contributed by atoms with E-state index in [0.717, 1.165) is 16.6 Å². The summed E-state index contributed by atoms with van der Waals surface area (Å²) in [5, 5.41) is 0. The van der Waals surface area contributed by atoms with Gasteiger partial charge in [-0.1, -0.05) is 65.4 Å². The van der Waals surface area contributed by atoms with Crippen LogP contribution in [0.2, 0.25) is 0 Å². The standard InChI is InChI=1S/C26H40BrNO2/c1-26(2,3)20-16-17-24(23(27)19-20)30-18-10-15-25(29)28(21-11-6-4-7-12-21)22-13-8-5-9-14-22/h16-17,19,21-22H,4-15,18H2,1-3H3. The maximum absolute atomic E-state index is 13.2. The largest absolute Gasteiger partial charge is 0.492 e. The second-order valence-corrected chi connectivity index (χ2v) is 11.1. The van der Waals surface area contributed by atoms with Crippen molar-refractivity contribution >= 4 is 21.8 Å². The van der Waals surface area contributed by atoms with Gasteiger partial charge in [0, 0.05) is 18.5 Å². The van der Waals surface area contributed by atoms with Crippen LogP contribution >= 0.6 is 15.9 Å². The van der Waals surface area contributed by atoms with Gasteiger partial charge in [0.25, 0.3) is 0 Å². The molecule has 0 aliphatic heterocycles. The summed E-state index contributed by atoms with van der Waals surface area (Å²) in [6, 6.07) is 7.29. The summed E-state index contributed by atoms with van der Waals surface area (Å²) in [6.07, 6.45) is 14.0. The summed E-state index contributed by atoms with van der Waals surface area (Å²) in [4.78, 5) is 15.6. The van der Waals surface area contributed by atoms with Crippen molar-refractivity contribution in [3.05, 3.63) is 28.2 Å². The highest BCUT2D eigenvalue weighted by Gasteiger charge is 2.31. The average Bonchev–Trinajstić information content (AvgIpc) is 2.73. The molecule has 3 nitrogen and oxygen atoms in total. The minimum Gasteiger partial charge on any atom is -0.492 e. The van der Waals surface area contributed by atoms with Crippen molar-refractivity contribution in [3.8, 4) is 5.75 Å². The molecule has 0 spiro atoms. The number of ether oxygens (including phenoxy) is 1. The first kappa shape index (κ1) is 23.6. The van der Waals surface area contributed by atoms with Crippen LogP contribution in [0, 0.1) is 0 Å². The zero-order chi connectivity index (χ0) is 21.6. The summed E-state index contributed by atoms with van der Waals surface area (Å²) < 4.78 is 7.00. The summed E-state index contributed by atoms with van der Waals surface area (Å²) in [7, 11) is 0. The SMILES string of the molecule is CC(C)(C)c1ccc(OCCCC(=O)N(C2CCCCC2)C2CCCCC2)c(Br)c1. The molecule has 0 heterocycles. The zero-order valence-electron chi connectivity index (χ0n) is 19.2. The number of carbonyl (C=O) groups excluding carboxylic acids is 1. The van der Waals surface area contributed by atoms with E-state index in [1.54, 1.807) is 0 Å². The molecule has 0 unspecified atom stereocenters. The van der Waals surface area contributed by atoms with Gasteiger partial charge in [-0.3, -0.25) is 4.79 Å². The number of rotatable bonds is 7. The monoisotopic (exact) mass is 477 g/mol. The molecule has 2 saturated carbocycles. The highest BCUT2D eigenvalue weighted by atomic mass is 79.9. The number of nitrogens with zero attached hydrogens (tertiary/aromatic N) is 1. The van der Waals surface area contributed by atoms with E-state index in [9.17, 15) is 4.79 Å². The summed E-state index contributed by atoms with van der Waals surface area (Å²) >= 11 is 3.65. The minimum atomic E-state index is 0.120. The van der Waals surface area contributed by atoms with Gasteiger partial charge in [-0.15, -0.1) is 0 Å². The predicted octanol–water partition coefficient (Wildman–Crippen LogP) is 7.40. The van der Waals surface area contributed by atoms with E-state index >= 15 is 0 Å². The molecule has 3 rings (SSSR count). The normalized spacial score (nSPS) is 18.9. The molecule has 4 heteroatoms. The van der Waals surface area contributed by atoms with Crippen molar-refractivity contribution < 1.29 is 9.53 Å². The van der Waals surface area contributed by atoms with Crippen LogP contribution in [0.5, 0.6) is 5.75 Å². The number of carbonyl (C=O) groups is 1. The summed E-state index contributed by atoms with van der Waals surface area (Å²) in [5.41, 5.74) is 1.40. The van der Waals surface area contributed by atoms with Gasteiger partial charge in [-0.2, -0.15) is 0 Å². The first-order chi connectivity index (χ1) is 14.4. The van der Waals surface area contributed by atoms with E-state index in [4.69, 9.17) is 4.74 Å². The third kappa shape index (κ3) is 6.48. The molecule has 2 aliphatic carbocycles. The smallest absolute Gasteiger partial charge is 0.223 e. The van der Waals surface area contributed by atoms with Crippen LogP contribution in [-0.4, -0.2) is 29.5 Å². The van der Waals surface area contributed by atoms with Crippen molar-refractivity contribution in [3.63, 3.8) is 0 Å². The number of halogens is 1. The zero-order valence-corrected chi connectivity index (χ0v) is 20.8. The minimum absolute atomic E-state index is 0.120. The van der Waals surface area contributed by atoms with E-state index in [-0.39, 0.29) is 5.41 Å². The van der Waals surface area contributed by atoms with Crippen LogP contribution in [-0.2, 0) is 10.2 Å². The Bertz CT molecular complexity index is 667. The van der Waals surface area contributed by atoms with Crippen molar-refractivity contribution in [2.45, 2.75) is 115 Å². The van der Waals surface area contributed by atoms with Gasteiger partial charge in [0.05, 0.1) is 11.1 Å². The van der Waals surface area contributed by atoms with Gasteiger partial charge in [0.15, 0.2) is 0 Å². The van der Waals surface area contributed by atoms with Gasteiger partial charge in [0.2, 0.25) is 5.91 Å². The Labute approximate surface area is 192 Å². The Morgan fingerprint density at radius 1 is 1.00 bits per heavy atom. The number of amides is 1. The molecule has 0 atom stereocenters. The maximum Gasteiger partial charge on any atom is 0.223 e. The average molecular weight is 479 g/mol. The molecule has 0 radical (unpaired) electrons. The molecule has 0 aromatic heterocycles. The van der Waals surface area contributed by atoms with Gasteiger partial charge < -0.3 is 9.64 Å². The van der Waals surface area contributed by atoms with Crippen LogP contribution in [0.1, 0.15) is 103 Å². The van der Waals surface area contributed by atoms with E-state index < -0.39 is 0 Å². The lowest BCUT2D eigenvalue weighted by atomic mass is 9.87. The van der Waals surface area contributed by atoms with Gasteiger partial charge in [-0.05, 0) is 71.1 Å². The van der Waals surface area contributed by atoms with Crippen LogP contribution in [0.3, 0.4) is 0 Å². The molecule has 1 aromatic rings. The van der Waals surface area contributed by atoms with Crippen molar-refractivity contribution in [1.29, 1.82) is 0 Å². The quantitative estimate of drug-likeness (QED) is 0.382. The fourth-order valence-electron chi connectivity index (χ4n) is 5.04. The fraction of sp³-hybridized carbons (Fsp3) is 0.731. The van der Waals surface area contributed by atoms with Gasteiger partial charge >= 0.3 is 0 Å². The summed E-state index contributed by atoms with van der Waals surface area (Å²) in [5.74, 6) is 1.23. The van der Waals surface area contributed by atoms with E-state index in [1.807, 2.05) is 6.07 Å². The Morgan fingerprint density at radius 2 is 1.57 bits per heavy atom. The van der Waals surface area contributed by atoms with Crippen LogP contribution in [0.25, 0.3) is 0 Å². The first-order valence-electron chi connectivity index (χ1n) is 12.1. The lowest BCUT2D eigenvalue weighted by molar-refractivity contribution is -0.138. The van der Waals surface area contributed by atoms with E-state index in [0.29, 0.717) is 31.0 Å². The lowest BCUT2D eigenvalue weighted by Gasteiger charge is -2.42. The molecular formula is C26H40BrNO2. The molecule has 0 N–H and O–H groups in total. The van der Waals surface area contributed by atoms with Crippen LogP contribution in [0.4, 0.5) is 0 Å². The Hall–Kier alpha value is -1.03. The number of benzene rings is 1. The highest BCUT2D eigenvalue weighted by molar-refractivity contribution is 9.10. The molecule has 0 saturated heterocycles. The van der Waals surface area contributed by atoms with Crippen LogP contribution in [0.15, 0.2) is 22.7 Å². The molecule has 1 aromatic carbocycles. The maximum atomic E-state index is 13.2. The molecule has 1 amide bonds. The second kappa shape index (κ2) is 11.0. The van der Waals surface area contributed by atoms with Crippen LogP contribution < -0.4 is 4.74 Å². The summed E-state index contributed by atoms with van der Waals surface area (Å²) in [6.45, 7) is 7.23.